The summed E-state index contributed by atoms with van der Waals surface area (Å²) in [7, 11) is 0. The van der Waals surface area contributed by atoms with Crippen LogP contribution in [0.15, 0.2) is 52.0 Å². The van der Waals surface area contributed by atoms with Crippen LogP contribution in [0.4, 0.5) is 11.4 Å². The molecule has 1 aliphatic rings. The maximum absolute atomic E-state index is 12.5. The van der Waals surface area contributed by atoms with E-state index in [1.807, 2.05) is 56.3 Å². The summed E-state index contributed by atoms with van der Waals surface area (Å²) in [6.45, 7) is 3.87. The van der Waals surface area contributed by atoms with E-state index in [1.165, 1.54) is 5.01 Å². The van der Waals surface area contributed by atoms with Gasteiger partial charge in [0.2, 0.25) is 5.91 Å². The summed E-state index contributed by atoms with van der Waals surface area (Å²) in [5, 5.41) is 8.50. The number of halogens is 1. The Balaban J connectivity index is 1.84. The molecule has 1 aliphatic heterocycles. The van der Waals surface area contributed by atoms with Gasteiger partial charge in [0.05, 0.1) is 5.69 Å². The number of para-hydroxylation sites is 1. The molecule has 0 saturated carbocycles. The van der Waals surface area contributed by atoms with Gasteiger partial charge in [0, 0.05) is 23.0 Å². The van der Waals surface area contributed by atoms with E-state index in [2.05, 4.69) is 26.3 Å². The van der Waals surface area contributed by atoms with E-state index in [0.29, 0.717) is 23.5 Å². The zero-order valence-electron chi connectivity index (χ0n) is 14.0. The highest BCUT2D eigenvalue weighted by Gasteiger charge is 2.26. The van der Waals surface area contributed by atoms with Crippen molar-refractivity contribution in [3.63, 3.8) is 0 Å². The lowest BCUT2D eigenvalue weighted by Gasteiger charge is -2.24. The normalized spacial score (nSPS) is 14.3. The maximum Gasteiger partial charge on any atom is 0.271 e. The van der Waals surface area contributed by atoms with Crippen LogP contribution in [0.5, 0.6) is 0 Å². The number of hydrazone groups is 1. The first kappa shape index (κ1) is 17.4. The highest BCUT2D eigenvalue weighted by molar-refractivity contribution is 9.10. The maximum atomic E-state index is 12.5. The molecule has 6 heteroatoms. The van der Waals surface area contributed by atoms with Crippen molar-refractivity contribution in [1.82, 2.24) is 0 Å². The van der Waals surface area contributed by atoms with Gasteiger partial charge in [-0.3, -0.25) is 9.59 Å². The Kier molecular flexibility index (Phi) is 4.99. The van der Waals surface area contributed by atoms with Crippen LogP contribution in [0.25, 0.3) is 0 Å². The molecule has 5 nitrogen and oxygen atoms in total. The molecule has 128 valence electrons. The third-order valence-electron chi connectivity index (χ3n) is 4.05. The molecule has 3 rings (SSSR count). The zero-order valence-corrected chi connectivity index (χ0v) is 15.6. The average Bonchev–Trinajstić information content (AvgIpc) is 2.59. The van der Waals surface area contributed by atoms with Crippen LogP contribution in [0, 0.1) is 13.8 Å². The van der Waals surface area contributed by atoms with Crippen molar-refractivity contribution >= 4 is 44.8 Å². The molecule has 0 aliphatic carbocycles. The highest BCUT2D eigenvalue weighted by atomic mass is 79.9. The molecular weight excluding hydrogens is 382 g/mol. The topological polar surface area (TPSA) is 61.8 Å². The number of rotatable bonds is 3. The second-order valence-electron chi connectivity index (χ2n) is 5.96. The van der Waals surface area contributed by atoms with E-state index in [0.717, 1.165) is 15.6 Å². The van der Waals surface area contributed by atoms with Crippen LogP contribution in [-0.4, -0.2) is 17.5 Å². The number of aryl methyl sites for hydroxylation is 2. The summed E-state index contributed by atoms with van der Waals surface area (Å²) in [6.07, 6.45) is 0.600. The highest BCUT2D eigenvalue weighted by Crippen LogP contribution is 2.24. The minimum absolute atomic E-state index is 0.106. The second-order valence-corrected chi connectivity index (χ2v) is 6.81. The Morgan fingerprint density at radius 2 is 1.88 bits per heavy atom. The second kappa shape index (κ2) is 7.19. The van der Waals surface area contributed by atoms with E-state index >= 15 is 0 Å². The summed E-state index contributed by atoms with van der Waals surface area (Å²) in [6, 6.07) is 13.1. The van der Waals surface area contributed by atoms with Gasteiger partial charge in [-0.25, -0.2) is 5.01 Å². The van der Waals surface area contributed by atoms with Crippen molar-refractivity contribution in [1.29, 1.82) is 0 Å². The molecule has 2 aromatic rings. The Labute approximate surface area is 154 Å². The van der Waals surface area contributed by atoms with Gasteiger partial charge < -0.3 is 5.32 Å². The lowest BCUT2D eigenvalue weighted by atomic mass is 10.1. The summed E-state index contributed by atoms with van der Waals surface area (Å²) < 4.78 is 0.983. The van der Waals surface area contributed by atoms with Crippen LogP contribution in [0.2, 0.25) is 0 Å². The number of hydrogen-bond acceptors (Lipinski definition) is 3. The first-order valence-electron chi connectivity index (χ1n) is 7.99. The van der Waals surface area contributed by atoms with Gasteiger partial charge in [-0.2, -0.15) is 5.10 Å². The lowest BCUT2D eigenvalue weighted by molar-refractivity contribution is -0.118. The third kappa shape index (κ3) is 3.79. The summed E-state index contributed by atoms with van der Waals surface area (Å²) in [5.74, 6) is -0.391. The van der Waals surface area contributed by atoms with Crippen molar-refractivity contribution in [2.45, 2.75) is 26.7 Å². The van der Waals surface area contributed by atoms with Crippen molar-refractivity contribution in [2.75, 3.05) is 10.3 Å². The standard InChI is InChI=1S/C19H18BrN3O2/c1-12-5-3-4-6-17(12)23-18(24)10-9-16(22-23)19(25)21-14-7-8-15(20)13(2)11-14/h3-8,11H,9-10H2,1-2H3,(H,21,25). The van der Waals surface area contributed by atoms with Gasteiger partial charge >= 0.3 is 0 Å². The molecule has 0 spiro atoms. The third-order valence-corrected chi connectivity index (χ3v) is 4.94. The number of hydrogen-bond donors (Lipinski definition) is 1. The molecule has 1 N–H and O–H groups in total. The quantitative estimate of drug-likeness (QED) is 0.840. The molecule has 2 aromatic carbocycles. The van der Waals surface area contributed by atoms with Crippen molar-refractivity contribution in [3.05, 3.63) is 58.1 Å². The number of nitrogens with zero attached hydrogens (tertiary/aromatic N) is 2. The Bertz CT molecular complexity index is 877. The number of carbonyl (C=O) groups is 2. The van der Waals surface area contributed by atoms with Crippen LogP contribution in [0.3, 0.4) is 0 Å². The molecule has 0 aromatic heterocycles. The molecule has 1 heterocycles. The van der Waals surface area contributed by atoms with Gasteiger partial charge in [0.15, 0.2) is 0 Å². The van der Waals surface area contributed by atoms with Gasteiger partial charge in [-0.05, 0) is 49.2 Å². The van der Waals surface area contributed by atoms with E-state index in [1.54, 1.807) is 0 Å². The molecule has 25 heavy (non-hydrogen) atoms. The van der Waals surface area contributed by atoms with Crippen molar-refractivity contribution < 1.29 is 9.59 Å². The first-order valence-corrected chi connectivity index (χ1v) is 8.78. The van der Waals surface area contributed by atoms with Crippen molar-refractivity contribution in [3.8, 4) is 0 Å². The predicted molar refractivity (Wildman–Crippen MR) is 103 cm³/mol. The number of anilines is 2. The average molecular weight is 400 g/mol. The van der Waals surface area contributed by atoms with Gasteiger partial charge in [0.25, 0.3) is 5.91 Å². The summed E-state index contributed by atoms with van der Waals surface area (Å²) >= 11 is 3.44. The molecule has 0 fully saturated rings. The molecule has 0 atom stereocenters. The van der Waals surface area contributed by atoms with Gasteiger partial charge in [-0.15, -0.1) is 0 Å². The number of benzene rings is 2. The Morgan fingerprint density at radius 3 is 2.60 bits per heavy atom. The number of nitrogens with one attached hydrogen (secondary N) is 1. The van der Waals surface area contributed by atoms with E-state index in [9.17, 15) is 9.59 Å². The van der Waals surface area contributed by atoms with Crippen LogP contribution < -0.4 is 10.3 Å². The largest absolute Gasteiger partial charge is 0.321 e. The number of carbonyl (C=O) groups excluding carboxylic acids is 2. The zero-order chi connectivity index (χ0) is 18.0. The van der Waals surface area contributed by atoms with E-state index in [-0.39, 0.29) is 18.2 Å². The molecule has 0 bridgehead atoms. The Hall–Kier alpha value is -2.47. The Morgan fingerprint density at radius 1 is 1.12 bits per heavy atom. The van der Waals surface area contributed by atoms with Crippen LogP contribution >= 0.6 is 15.9 Å². The molecular formula is C19H18BrN3O2. The summed E-state index contributed by atoms with van der Waals surface area (Å²) in [4.78, 5) is 24.8. The molecule has 0 radical (unpaired) electrons. The monoisotopic (exact) mass is 399 g/mol. The molecule has 0 unspecified atom stereocenters. The fourth-order valence-electron chi connectivity index (χ4n) is 2.63. The van der Waals surface area contributed by atoms with Crippen molar-refractivity contribution in [2.24, 2.45) is 5.10 Å². The fraction of sp³-hybridized carbons (Fsp3) is 0.211. The molecule has 0 saturated heterocycles. The number of amides is 2. The van der Waals surface area contributed by atoms with Gasteiger partial charge in [-0.1, -0.05) is 34.1 Å². The van der Waals surface area contributed by atoms with E-state index < -0.39 is 0 Å². The minimum Gasteiger partial charge on any atom is -0.321 e. The summed E-state index contributed by atoms with van der Waals surface area (Å²) in [5.41, 5.74) is 3.72. The SMILES string of the molecule is Cc1cc(NC(=O)C2=NN(c3ccccc3C)C(=O)CC2)ccc1Br. The van der Waals surface area contributed by atoms with E-state index in [4.69, 9.17) is 0 Å². The van der Waals surface area contributed by atoms with Crippen LogP contribution in [-0.2, 0) is 9.59 Å². The minimum atomic E-state index is -0.284. The molecule has 2 amide bonds. The first-order chi connectivity index (χ1) is 12.0. The smallest absolute Gasteiger partial charge is 0.271 e. The fourth-order valence-corrected chi connectivity index (χ4v) is 2.88. The lowest BCUT2D eigenvalue weighted by Crippen LogP contribution is -2.36. The predicted octanol–water partition coefficient (Wildman–Crippen LogP) is 4.19. The van der Waals surface area contributed by atoms with Gasteiger partial charge in [0.1, 0.15) is 5.71 Å². The van der Waals surface area contributed by atoms with Crippen LogP contribution in [0.1, 0.15) is 24.0 Å².